The van der Waals surface area contributed by atoms with Gasteiger partial charge in [0, 0.05) is 11.8 Å². The van der Waals surface area contributed by atoms with Gasteiger partial charge in [0.05, 0.1) is 0 Å². The minimum Gasteiger partial charge on any atom is -0.472 e. The molecular formula is C7H8O2. The van der Waals surface area contributed by atoms with Crippen LogP contribution >= 0.6 is 0 Å². The van der Waals surface area contributed by atoms with E-state index in [1.54, 1.807) is 0 Å². The van der Waals surface area contributed by atoms with Crippen molar-refractivity contribution < 1.29 is 9.90 Å². The summed E-state index contributed by atoms with van der Waals surface area (Å²) in [7, 11) is 0. The Labute approximate surface area is 53.9 Å². The van der Waals surface area contributed by atoms with Crippen molar-refractivity contribution in [2.75, 3.05) is 0 Å². The lowest BCUT2D eigenvalue weighted by Gasteiger charge is -1.73. The smallest absolute Gasteiger partial charge is 0.381 e. The van der Waals surface area contributed by atoms with Crippen LogP contribution in [0.25, 0.3) is 0 Å². The first-order chi connectivity index (χ1) is 4.20. The molecule has 1 aliphatic rings. The molecule has 0 aromatic heterocycles. The first kappa shape index (κ1) is 6.15. The van der Waals surface area contributed by atoms with Crippen LogP contribution < -0.4 is 0 Å². The summed E-state index contributed by atoms with van der Waals surface area (Å²) in [6.45, 7) is 2.07. The molecule has 0 saturated heterocycles. The summed E-state index contributed by atoms with van der Waals surface area (Å²) < 4.78 is 0. The molecule has 0 aromatic carbocycles. The molecule has 2 atom stereocenters. The monoisotopic (exact) mass is 124 g/mol. The quantitative estimate of drug-likeness (QED) is 0.483. The van der Waals surface area contributed by atoms with Crippen molar-refractivity contribution in [3.8, 4) is 11.8 Å². The number of carboxylic acid groups (broad SMARTS) is 1. The van der Waals surface area contributed by atoms with Crippen LogP contribution in [0.4, 0.5) is 0 Å². The zero-order chi connectivity index (χ0) is 6.85. The molecule has 1 rings (SSSR count). The second kappa shape index (κ2) is 2.10. The second-order valence-electron chi connectivity index (χ2n) is 2.39. The molecule has 1 saturated carbocycles. The molecule has 1 N–H and O–H groups in total. The maximum atomic E-state index is 9.86. The zero-order valence-corrected chi connectivity index (χ0v) is 5.22. The van der Waals surface area contributed by atoms with Crippen molar-refractivity contribution in [1.29, 1.82) is 0 Å². The van der Waals surface area contributed by atoms with E-state index in [0.29, 0.717) is 11.8 Å². The van der Waals surface area contributed by atoms with Gasteiger partial charge in [0.1, 0.15) is 0 Å². The molecule has 0 bridgehead atoms. The lowest BCUT2D eigenvalue weighted by atomic mass is 10.3. The Kier molecular flexibility index (Phi) is 1.44. The maximum absolute atomic E-state index is 9.86. The van der Waals surface area contributed by atoms with Gasteiger partial charge in [-0.1, -0.05) is 12.8 Å². The standard InChI is InChI=1S/C7H8O2/c1-5-4-6(5)2-3-7(8)9/h5-6H,4H2,1H3,(H,8,9). The van der Waals surface area contributed by atoms with Gasteiger partial charge >= 0.3 is 5.97 Å². The first-order valence-corrected chi connectivity index (χ1v) is 2.94. The van der Waals surface area contributed by atoms with E-state index in [-0.39, 0.29) is 0 Å². The summed E-state index contributed by atoms with van der Waals surface area (Å²) >= 11 is 0. The van der Waals surface area contributed by atoms with Crippen LogP contribution in [0.15, 0.2) is 0 Å². The number of hydrogen-bond donors (Lipinski definition) is 1. The Bertz CT molecular complexity index is 185. The van der Waals surface area contributed by atoms with E-state index in [4.69, 9.17) is 5.11 Å². The zero-order valence-electron chi connectivity index (χ0n) is 5.22. The van der Waals surface area contributed by atoms with Crippen molar-refractivity contribution in [2.45, 2.75) is 13.3 Å². The van der Waals surface area contributed by atoms with Crippen LogP contribution in [0.3, 0.4) is 0 Å². The third-order valence-corrected chi connectivity index (χ3v) is 1.47. The van der Waals surface area contributed by atoms with Crippen molar-refractivity contribution in [3.63, 3.8) is 0 Å². The van der Waals surface area contributed by atoms with Crippen LogP contribution in [0.1, 0.15) is 13.3 Å². The number of hydrogen-bond acceptors (Lipinski definition) is 1. The number of rotatable bonds is 0. The summed E-state index contributed by atoms with van der Waals surface area (Å²) in [5, 5.41) is 8.10. The molecule has 0 amide bonds. The van der Waals surface area contributed by atoms with Gasteiger partial charge in [-0.3, -0.25) is 0 Å². The molecule has 0 aromatic rings. The molecule has 2 nitrogen and oxygen atoms in total. The fraction of sp³-hybridized carbons (Fsp3) is 0.571. The Balaban J connectivity index is 2.35. The molecule has 2 heteroatoms. The Morgan fingerprint density at radius 3 is 2.67 bits per heavy atom. The van der Waals surface area contributed by atoms with Crippen LogP contribution in [-0.4, -0.2) is 11.1 Å². The lowest BCUT2D eigenvalue weighted by Crippen LogP contribution is -1.86. The van der Waals surface area contributed by atoms with E-state index < -0.39 is 5.97 Å². The normalized spacial score (nSPS) is 30.3. The van der Waals surface area contributed by atoms with Crippen molar-refractivity contribution in [2.24, 2.45) is 11.8 Å². The van der Waals surface area contributed by atoms with E-state index in [1.165, 1.54) is 0 Å². The van der Waals surface area contributed by atoms with Gasteiger partial charge in [-0.25, -0.2) is 4.79 Å². The van der Waals surface area contributed by atoms with Gasteiger partial charge in [0.2, 0.25) is 0 Å². The molecule has 0 spiro atoms. The molecule has 1 fully saturated rings. The fourth-order valence-electron chi connectivity index (χ4n) is 0.678. The molecule has 2 unspecified atom stereocenters. The number of carbonyl (C=O) groups is 1. The SMILES string of the molecule is CC1CC1C#CC(=O)O. The summed E-state index contributed by atoms with van der Waals surface area (Å²) in [5.74, 6) is 4.73. The topological polar surface area (TPSA) is 37.3 Å². The summed E-state index contributed by atoms with van der Waals surface area (Å²) in [6, 6.07) is 0. The Hall–Kier alpha value is -0.970. The van der Waals surface area contributed by atoms with Crippen molar-refractivity contribution in [3.05, 3.63) is 0 Å². The average Bonchev–Trinajstić information content (AvgIpc) is 2.42. The van der Waals surface area contributed by atoms with Crippen LogP contribution in [0.5, 0.6) is 0 Å². The molecule has 0 radical (unpaired) electrons. The van der Waals surface area contributed by atoms with Gasteiger partial charge in [0.25, 0.3) is 0 Å². The maximum Gasteiger partial charge on any atom is 0.381 e. The molecular weight excluding hydrogens is 116 g/mol. The predicted octanol–water partition coefficient (Wildman–Crippen LogP) is 0.730. The van der Waals surface area contributed by atoms with E-state index >= 15 is 0 Å². The van der Waals surface area contributed by atoms with Crippen molar-refractivity contribution >= 4 is 5.97 Å². The van der Waals surface area contributed by atoms with Gasteiger partial charge in [0.15, 0.2) is 0 Å². The third-order valence-electron chi connectivity index (χ3n) is 1.47. The van der Waals surface area contributed by atoms with E-state index in [1.807, 2.05) is 0 Å². The summed E-state index contributed by atoms with van der Waals surface area (Å²) in [4.78, 5) is 9.86. The Morgan fingerprint density at radius 2 is 2.33 bits per heavy atom. The molecule has 9 heavy (non-hydrogen) atoms. The number of carboxylic acids is 1. The average molecular weight is 124 g/mol. The molecule has 48 valence electrons. The highest BCUT2D eigenvalue weighted by atomic mass is 16.4. The first-order valence-electron chi connectivity index (χ1n) is 2.94. The van der Waals surface area contributed by atoms with E-state index in [0.717, 1.165) is 6.42 Å². The van der Waals surface area contributed by atoms with Gasteiger partial charge in [-0.15, -0.1) is 0 Å². The molecule has 1 aliphatic carbocycles. The second-order valence-corrected chi connectivity index (χ2v) is 2.39. The van der Waals surface area contributed by atoms with E-state index in [2.05, 4.69) is 18.8 Å². The minimum absolute atomic E-state index is 0.362. The van der Waals surface area contributed by atoms with Gasteiger partial charge in [-0.05, 0) is 12.3 Å². The third kappa shape index (κ3) is 1.77. The van der Waals surface area contributed by atoms with Gasteiger partial charge < -0.3 is 5.11 Å². The van der Waals surface area contributed by atoms with Gasteiger partial charge in [-0.2, -0.15) is 0 Å². The summed E-state index contributed by atoms with van der Waals surface area (Å²) in [6.07, 6.45) is 1.07. The van der Waals surface area contributed by atoms with Crippen LogP contribution in [-0.2, 0) is 4.79 Å². The van der Waals surface area contributed by atoms with Crippen molar-refractivity contribution in [1.82, 2.24) is 0 Å². The highest BCUT2D eigenvalue weighted by Gasteiger charge is 2.30. The minimum atomic E-state index is -1.02. The fourth-order valence-corrected chi connectivity index (χ4v) is 0.678. The van der Waals surface area contributed by atoms with Crippen LogP contribution in [0.2, 0.25) is 0 Å². The van der Waals surface area contributed by atoms with Crippen LogP contribution in [0, 0.1) is 23.7 Å². The Morgan fingerprint density at radius 1 is 1.78 bits per heavy atom. The lowest BCUT2D eigenvalue weighted by molar-refractivity contribution is -0.130. The van der Waals surface area contributed by atoms with E-state index in [9.17, 15) is 4.79 Å². The predicted molar refractivity (Wildman–Crippen MR) is 32.7 cm³/mol. The number of aliphatic carboxylic acids is 1. The summed E-state index contributed by atoms with van der Waals surface area (Å²) in [5.41, 5.74) is 0. The highest BCUT2D eigenvalue weighted by Crippen LogP contribution is 2.36. The highest BCUT2D eigenvalue weighted by molar-refractivity contribution is 5.86. The largest absolute Gasteiger partial charge is 0.472 e. The molecule has 0 heterocycles. The molecule has 0 aliphatic heterocycles.